The van der Waals surface area contributed by atoms with Gasteiger partial charge in [-0.3, -0.25) is 4.79 Å². The summed E-state index contributed by atoms with van der Waals surface area (Å²) >= 11 is 0. The van der Waals surface area contributed by atoms with E-state index in [0.29, 0.717) is 25.5 Å². The van der Waals surface area contributed by atoms with Crippen LogP contribution in [-0.2, 0) is 11.3 Å². The third-order valence-corrected chi connectivity index (χ3v) is 5.18. The highest BCUT2D eigenvalue weighted by atomic mass is 16.5. The second-order valence-electron chi connectivity index (χ2n) is 7.80. The van der Waals surface area contributed by atoms with Crippen LogP contribution in [0.3, 0.4) is 0 Å². The van der Waals surface area contributed by atoms with Crippen molar-refractivity contribution in [3.05, 3.63) is 54.4 Å². The summed E-state index contributed by atoms with van der Waals surface area (Å²) in [6.45, 7) is 8.59. The van der Waals surface area contributed by atoms with E-state index < -0.39 is 0 Å². The molecule has 0 aliphatic carbocycles. The fraction of sp³-hybridized carbons (Fsp3) is 0.391. The van der Waals surface area contributed by atoms with Gasteiger partial charge in [-0.15, -0.1) is 0 Å². The van der Waals surface area contributed by atoms with Crippen LogP contribution in [0.4, 0.5) is 5.69 Å². The molecule has 0 bridgehead atoms. The quantitative estimate of drug-likeness (QED) is 0.630. The maximum absolute atomic E-state index is 12.8. The molecule has 28 heavy (non-hydrogen) atoms. The minimum Gasteiger partial charge on any atom is -0.494 e. The first kappa shape index (κ1) is 18.5. The lowest BCUT2D eigenvalue weighted by Crippen LogP contribution is -2.24. The Hall–Kier alpha value is -2.82. The average molecular weight is 377 g/mol. The van der Waals surface area contributed by atoms with Crippen LogP contribution in [0.15, 0.2) is 48.5 Å². The number of ether oxygens (including phenoxy) is 1. The van der Waals surface area contributed by atoms with E-state index in [0.717, 1.165) is 34.8 Å². The van der Waals surface area contributed by atoms with Crippen molar-refractivity contribution < 1.29 is 9.53 Å². The third kappa shape index (κ3) is 3.49. The van der Waals surface area contributed by atoms with Crippen molar-refractivity contribution in [1.82, 2.24) is 9.55 Å². The number of anilines is 1. The zero-order valence-corrected chi connectivity index (χ0v) is 16.8. The van der Waals surface area contributed by atoms with Gasteiger partial charge in [0.2, 0.25) is 5.91 Å². The second kappa shape index (κ2) is 7.66. The Balaban J connectivity index is 1.63. The first-order chi connectivity index (χ1) is 13.6. The minimum atomic E-state index is 0.102. The lowest BCUT2D eigenvalue weighted by atomic mass is 10.1. The van der Waals surface area contributed by atoms with Crippen molar-refractivity contribution >= 4 is 22.6 Å². The Bertz CT molecular complexity index is 975. The van der Waals surface area contributed by atoms with Gasteiger partial charge in [0.05, 0.1) is 17.6 Å². The van der Waals surface area contributed by atoms with Gasteiger partial charge >= 0.3 is 0 Å². The smallest absolute Gasteiger partial charge is 0.227 e. The molecule has 0 spiro atoms. The van der Waals surface area contributed by atoms with Gasteiger partial charge in [0.25, 0.3) is 0 Å². The molecule has 0 saturated carbocycles. The lowest BCUT2D eigenvalue weighted by Gasteiger charge is -2.18. The molecule has 146 valence electrons. The van der Waals surface area contributed by atoms with Gasteiger partial charge in [-0.05, 0) is 49.2 Å². The molecule has 2 heterocycles. The maximum Gasteiger partial charge on any atom is 0.227 e. The number of hydrogen-bond donors (Lipinski definition) is 0. The molecule has 1 saturated heterocycles. The molecule has 0 N–H and O–H groups in total. The van der Waals surface area contributed by atoms with E-state index in [1.807, 2.05) is 42.2 Å². The third-order valence-electron chi connectivity index (χ3n) is 5.18. The zero-order chi connectivity index (χ0) is 19.7. The number of imidazole rings is 1. The monoisotopic (exact) mass is 377 g/mol. The van der Waals surface area contributed by atoms with Crippen molar-refractivity contribution in [3.63, 3.8) is 0 Å². The van der Waals surface area contributed by atoms with E-state index in [9.17, 15) is 4.79 Å². The van der Waals surface area contributed by atoms with Crippen molar-refractivity contribution in [2.75, 3.05) is 18.1 Å². The van der Waals surface area contributed by atoms with Crippen LogP contribution in [0.1, 0.15) is 38.9 Å². The van der Waals surface area contributed by atoms with E-state index in [2.05, 4.69) is 36.6 Å². The number of aromatic nitrogens is 2. The largest absolute Gasteiger partial charge is 0.494 e. The number of nitrogens with zero attached hydrogens (tertiary/aromatic N) is 3. The van der Waals surface area contributed by atoms with E-state index >= 15 is 0 Å². The maximum atomic E-state index is 12.8. The molecule has 1 amide bonds. The van der Waals surface area contributed by atoms with Gasteiger partial charge in [0.1, 0.15) is 11.6 Å². The van der Waals surface area contributed by atoms with Crippen LogP contribution < -0.4 is 9.64 Å². The highest BCUT2D eigenvalue weighted by molar-refractivity contribution is 5.96. The van der Waals surface area contributed by atoms with Crippen LogP contribution in [-0.4, -0.2) is 28.6 Å². The van der Waals surface area contributed by atoms with Gasteiger partial charge in [-0.25, -0.2) is 4.98 Å². The Morgan fingerprint density at radius 2 is 1.89 bits per heavy atom. The molecule has 2 aromatic carbocycles. The van der Waals surface area contributed by atoms with Crippen LogP contribution in [0.2, 0.25) is 0 Å². The first-order valence-corrected chi connectivity index (χ1v) is 10.0. The molecule has 1 fully saturated rings. The van der Waals surface area contributed by atoms with Crippen LogP contribution in [0.5, 0.6) is 5.75 Å². The highest BCUT2D eigenvalue weighted by Crippen LogP contribution is 2.34. The fourth-order valence-corrected chi connectivity index (χ4v) is 3.98. The topological polar surface area (TPSA) is 47.4 Å². The van der Waals surface area contributed by atoms with E-state index in [-0.39, 0.29) is 11.8 Å². The molecule has 1 unspecified atom stereocenters. The van der Waals surface area contributed by atoms with E-state index in [4.69, 9.17) is 9.72 Å². The average Bonchev–Trinajstić information content (AvgIpc) is 3.23. The van der Waals surface area contributed by atoms with Gasteiger partial charge in [0.15, 0.2) is 0 Å². The van der Waals surface area contributed by atoms with Crippen LogP contribution >= 0.6 is 0 Å². The summed E-state index contributed by atoms with van der Waals surface area (Å²) in [7, 11) is 0. The summed E-state index contributed by atoms with van der Waals surface area (Å²) in [6, 6.07) is 16.0. The van der Waals surface area contributed by atoms with Gasteiger partial charge < -0.3 is 14.2 Å². The predicted molar refractivity (Wildman–Crippen MR) is 112 cm³/mol. The number of carbonyl (C=O) groups is 1. The normalized spacial score (nSPS) is 17.1. The van der Waals surface area contributed by atoms with Crippen molar-refractivity contribution in [1.29, 1.82) is 0 Å². The predicted octanol–water partition coefficient (Wildman–Crippen LogP) is 4.61. The standard InChI is InChI=1S/C23H27N3O2/c1-4-28-19-11-9-18(10-12-19)25-15-17(13-22(25)27)23-24-20-7-5-6-8-21(20)26(23)14-16(2)3/h5-12,16-17H,4,13-15H2,1-3H3. The number of para-hydroxylation sites is 2. The summed E-state index contributed by atoms with van der Waals surface area (Å²) in [4.78, 5) is 19.6. The summed E-state index contributed by atoms with van der Waals surface area (Å²) in [6.07, 6.45) is 0.495. The SMILES string of the molecule is CCOc1ccc(N2CC(c3nc4ccccc4n3CC(C)C)CC2=O)cc1. The number of fused-ring (bicyclic) bond motifs is 1. The summed E-state index contributed by atoms with van der Waals surface area (Å²) in [5.74, 6) is 2.61. The number of benzene rings is 2. The first-order valence-electron chi connectivity index (χ1n) is 10.0. The summed E-state index contributed by atoms with van der Waals surface area (Å²) in [5.41, 5.74) is 3.07. The van der Waals surface area contributed by atoms with Crippen molar-refractivity contribution in [3.8, 4) is 5.75 Å². The molecule has 1 aliphatic rings. The molecule has 0 radical (unpaired) electrons. The van der Waals surface area contributed by atoms with Gasteiger partial charge in [-0.1, -0.05) is 26.0 Å². The number of hydrogen-bond acceptors (Lipinski definition) is 3. The molecular formula is C23H27N3O2. The Labute approximate surface area is 165 Å². The molecule has 1 atom stereocenters. The summed E-state index contributed by atoms with van der Waals surface area (Å²) < 4.78 is 7.82. The lowest BCUT2D eigenvalue weighted by molar-refractivity contribution is -0.117. The van der Waals surface area contributed by atoms with Crippen molar-refractivity contribution in [2.45, 2.75) is 39.7 Å². The molecular weight excluding hydrogens is 350 g/mol. The molecule has 1 aliphatic heterocycles. The fourth-order valence-electron chi connectivity index (χ4n) is 3.98. The van der Waals surface area contributed by atoms with Gasteiger partial charge in [0, 0.05) is 31.1 Å². The van der Waals surface area contributed by atoms with Crippen LogP contribution in [0, 0.1) is 5.92 Å². The molecule has 5 heteroatoms. The molecule has 5 nitrogen and oxygen atoms in total. The van der Waals surface area contributed by atoms with Gasteiger partial charge in [-0.2, -0.15) is 0 Å². The molecule has 3 aromatic rings. The Morgan fingerprint density at radius 3 is 2.61 bits per heavy atom. The number of amides is 1. The minimum absolute atomic E-state index is 0.102. The Morgan fingerprint density at radius 1 is 1.14 bits per heavy atom. The zero-order valence-electron chi connectivity index (χ0n) is 16.8. The number of rotatable bonds is 6. The number of carbonyl (C=O) groups excluding carboxylic acids is 1. The van der Waals surface area contributed by atoms with Crippen molar-refractivity contribution in [2.24, 2.45) is 5.92 Å². The molecule has 4 rings (SSSR count). The second-order valence-corrected chi connectivity index (χ2v) is 7.80. The molecule has 1 aromatic heterocycles. The highest BCUT2D eigenvalue weighted by Gasteiger charge is 2.34. The van der Waals surface area contributed by atoms with Crippen LogP contribution in [0.25, 0.3) is 11.0 Å². The summed E-state index contributed by atoms with van der Waals surface area (Å²) in [5, 5.41) is 0. The van der Waals surface area contributed by atoms with E-state index in [1.54, 1.807) is 0 Å². The van der Waals surface area contributed by atoms with E-state index in [1.165, 1.54) is 0 Å². The Kier molecular flexibility index (Phi) is 5.07.